The van der Waals surface area contributed by atoms with E-state index >= 15 is 0 Å². The molecule has 39 nitrogen and oxygen atoms in total. The van der Waals surface area contributed by atoms with Crippen LogP contribution in [0.3, 0.4) is 0 Å². The second-order valence-corrected chi connectivity index (χ2v) is 32.8. The third-order valence-electron chi connectivity index (χ3n) is 18.3. The summed E-state index contributed by atoms with van der Waals surface area (Å²) in [5, 5.41) is 0. The van der Waals surface area contributed by atoms with Crippen molar-refractivity contribution in [1.82, 2.24) is 14.2 Å². The van der Waals surface area contributed by atoms with E-state index in [4.69, 9.17) is 85.8 Å². The molecule has 9 N–H and O–H groups in total. The summed E-state index contributed by atoms with van der Waals surface area (Å²) in [7, 11) is -30.9. The molecule has 6 aliphatic rings. The lowest BCUT2D eigenvalue weighted by molar-refractivity contribution is -0.340. The first-order valence-electron chi connectivity index (χ1n) is 33.6. The fourth-order valence-electron chi connectivity index (χ4n) is 12.9. The van der Waals surface area contributed by atoms with Gasteiger partial charge in [-0.05, 0) is 41.4 Å². The monoisotopic (exact) mass is 1640 g/mol. The van der Waals surface area contributed by atoms with Crippen LogP contribution in [0.5, 0.6) is 0 Å². The summed E-state index contributed by atoms with van der Waals surface area (Å²) in [5.41, 5.74) is 2.02. The van der Waals surface area contributed by atoms with Crippen LogP contribution in [0.4, 0.5) is 0 Å². The number of hydrogen-bond acceptors (Lipinski definition) is 30. The fourth-order valence-corrected chi connectivity index (χ4v) is 15.7. The predicted molar refractivity (Wildman–Crippen MR) is 363 cm³/mol. The quantitative estimate of drug-likeness (QED) is 0.0223. The number of hydrogen-bond donors (Lipinski definition) is 9. The van der Waals surface area contributed by atoms with Crippen molar-refractivity contribution in [3.8, 4) is 12.3 Å². The Hall–Kier alpha value is -4.16. The van der Waals surface area contributed by atoms with Crippen LogP contribution in [0.15, 0.2) is 91.0 Å². The van der Waals surface area contributed by atoms with Gasteiger partial charge < -0.3 is 71.1 Å². The Morgan fingerprint density at radius 2 is 0.804 bits per heavy atom. The van der Waals surface area contributed by atoms with Crippen molar-refractivity contribution in [2.45, 2.75) is 202 Å². The number of ether oxygens (including phenoxy) is 15. The number of rotatable bonds is 38. The molecule has 0 aromatic heterocycles. The molecule has 0 saturated carbocycles. The van der Waals surface area contributed by atoms with Gasteiger partial charge in [0.1, 0.15) is 30.5 Å². The first-order chi connectivity index (χ1) is 50.4. The molecule has 6 fully saturated rings. The summed E-state index contributed by atoms with van der Waals surface area (Å²) < 4.78 is 323. The molecule has 23 atom stereocenters. The Balaban J connectivity index is 0.953. The molecular formula is C62H89N3O36S6. The number of nitrogens with one attached hydrogen (secondary N) is 3. The van der Waals surface area contributed by atoms with Gasteiger partial charge in [-0.2, -0.15) is 64.7 Å². The Labute approximate surface area is 620 Å². The van der Waals surface area contributed by atoms with Gasteiger partial charge in [0.2, 0.25) is 0 Å². The molecule has 0 radical (unpaired) electrons. The summed E-state index contributed by atoms with van der Waals surface area (Å²) in [6.07, 6.45) is -18.2. The van der Waals surface area contributed by atoms with Gasteiger partial charge >= 0.3 is 62.1 Å². The Morgan fingerprint density at radius 1 is 0.421 bits per heavy atom. The average molecular weight is 1640 g/mol. The molecule has 107 heavy (non-hydrogen) atoms. The van der Waals surface area contributed by atoms with Crippen molar-refractivity contribution < 1.29 is 161 Å². The van der Waals surface area contributed by atoms with E-state index in [0.717, 1.165) is 5.56 Å². The highest BCUT2D eigenvalue weighted by molar-refractivity contribution is 7.84. The highest BCUT2D eigenvalue weighted by Gasteiger charge is 2.53. The molecular weight excluding hydrogens is 1560 g/mol. The van der Waals surface area contributed by atoms with E-state index in [2.05, 4.69) is 19.5 Å². The normalized spacial score (nSPS) is 33.7. The first kappa shape index (κ1) is 86.8. The van der Waals surface area contributed by atoms with E-state index in [1.165, 1.54) is 6.92 Å². The SMILES string of the molecule is C#CCCCO[C@H]1C[C@H](OCc2ccccc2)[C@H](O[C@@H]2OC(COS(=O)(=O)O)[C@@H](O[C@H]3C[C@H](OCc4ccccc4)[C@H](O[C@@H]4OC(COS(=O)(=O)O)[C@@H](O[C@H]5C[C@H](OCc6ccccc6)[C@H](O[C@@H]6OC(COS(=O)(=O)O)[C@@H](C)[C@H](C)C6NS(=O)(=O)O)CO5)CC4NS(=O)(=O)O)CO3)[C@H](C)C2NS(=O)(=O)O)CO1. The lowest BCUT2D eigenvalue weighted by Crippen LogP contribution is -2.64. The zero-order chi connectivity index (χ0) is 77.5. The van der Waals surface area contributed by atoms with E-state index in [9.17, 15) is 77.8 Å². The third-order valence-corrected chi connectivity index (χ3v) is 21.3. The number of unbranched alkanes of at least 4 members (excludes halogenated alkanes) is 1. The summed E-state index contributed by atoms with van der Waals surface area (Å²) in [5.74, 6) is -0.189. The van der Waals surface area contributed by atoms with Crippen LogP contribution in [0.1, 0.15) is 76.0 Å². The van der Waals surface area contributed by atoms with Gasteiger partial charge in [-0.3, -0.25) is 27.3 Å². The van der Waals surface area contributed by atoms with Gasteiger partial charge in [0.25, 0.3) is 0 Å². The highest BCUT2D eigenvalue weighted by Crippen LogP contribution is 2.39. The lowest BCUT2D eigenvalue weighted by Gasteiger charge is -2.48. The predicted octanol–water partition coefficient (Wildman–Crippen LogP) is 1.55. The first-order valence-corrected chi connectivity index (χ1v) is 42.0. The summed E-state index contributed by atoms with van der Waals surface area (Å²) in [4.78, 5) is 0. The van der Waals surface area contributed by atoms with Crippen molar-refractivity contribution in [1.29, 1.82) is 0 Å². The third kappa shape index (κ3) is 28.5. The van der Waals surface area contributed by atoms with Crippen molar-refractivity contribution >= 4 is 62.1 Å². The summed E-state index contributed by atoms with van der Waals surface area (Å²) in [6.45, 7) is 0.459. The zero-order valence-corrected chi connectivity index (χ0v) is 62.6. The largest absolute Gasteiger partial charge is 0.397 e. The molecule has 6 heterocycles. The molecule has 604 valence electrons. The Bertz CT molecular complexity index is 4030. The van der Waals surface area contributed by atoms with Gasteiger partial charge in [0, 0.05) is 31.6 Å². The molecule has 0 spiro atoms. The standard InChI is InChI=1S/C62H89N3O36S6/c1-5-6-16-23-84-54-25-44(85-28-40-17-10-7-11-18-40)50(31-88-54)99-62-58(65-104(72,73)74)39(4)59(53(100-62)36-93-107(81,82)83)101-56-27-46(87-30-42-21-14-9-15-22-42)49(32-90-56)96-60-43(63-102(66,67)68)24-47(52(97-60)35-92-106(78,79)80)94-55-26-45(86-29-41-19-12-8-13-20-41)51(33-89-55)98-61-57(64-103(69,70)71)38(3)37(2)48(95-61)34-91-105(75,76)77/h1,7-15,17-22,37-39,43-65H,6,16,23-36H2,2-4H3,(H,66,67,68)(H,69,70,71)(H,72,73,74)(H,75,76,77)(H,78,79,80)(H,81,82,83)/t37-,38-,39+,43?,44-,45-,46-,47-,48?,49+,50+,51+,52?,53?,54+,55-,56-,57?,58?,59-,60+,61-,62+/m0/s1. The van der Waals surface area contributed by atoms with Crippen LogP contribution in [-0.4, -0.2) is 247 Å². The topological polar surface area (TPSA) is 528 Å². The number of benzene rings is 3. The zero-order valence-electron chi connectivity index (χ0n) is 57.7. The maximum Gasteiger partial charge on any atom is 0.397 e. The Morgan fingerprint density at radius 3 is 1.24 bits per heavy atom. The Kier molecular flexibility index (Phi) is 31.7. The summed E-state index contributed by atoms with van der Waals surface area (Å²) >= 11 is 0. The second kappa shape index (κ2) is 39.1. The van der Waals surface area contributed by atoms with E-state index in [-0.39, 0.29) is 52.3 Å². The van der Waals surface area contributed by atoms with E-state index < -0.39 is 242 Å². The van der Waals surface area contributed by atoms with Crippen LogP contribution in [0.25, 0.3) is 0 Å². The minimum Gasteiger partial charge on any atom is -0.371 e. The number of terminal acetylenes is 1. The molecule has 0 amide bonds. The van der Waals surface area contributed by atoms with Gasteiger partial charge in [-0.25, -0.2) is 12.5 Å². The van der Waals surface area contributed by atoms with Crippen LogP contribution >= 0.6 is 0 Å². The lowest BCUT2D eigenvalue weighted by atomic mass is 9.82. The van der Waals surface area contributed by atoms with E-state index in [1.807, 2.05) is 22.9 Å². The maximum absolute atomic E-state index is 12.9. The molecule has 6 aliphatic heterocycles. The smallest absolute Gasteiger partial charge is 0.371 e. The average Bonchev–Trinajstić information content (AvgIpc) is 0.786. The molecule has 3 aromatic carbocycles. The van der Waals surface area contributed by atoms with Crippen molar-refractivity contribution in [3.63, 3.8) is 0 Å². The van der Waals surface area contributed by atoms with E-state index in [0.29, 0.717) is 24.0 Å². The van der Waals surface area contributed by atoms with Crippen LogP contribution in [0.2, 0.25) is 0 Å². The molecule has 9 rings (SSSR count). The van der Waals surface area contributed by atoms with Crippen molar-refractivity contribution in [2.75, 3.05) is 46.2 Å². The molecule has 6 saturated heterocycles. The van der Waals surface area contributed by atoms with Gasteiger partial charge in [-0.1, -0.05) is 112 Å². The summed E-state index contributed by atoms with van der Waals surface area (Å²) in [6, 6.07) is 21.6. The van der Waals surface area contributed by atoms with Crippen molar-refractivity contribution in [2.24, 2.45) is 17.8 Å². The van der Waals surface area contributed by atoms with Crippen LogP contribution < -0.4 is 14.2 Å². The molecule has 0 bridgehead atoms. The van der Waals surface area contributed by atoms with E-state index in [1.54, 1.807) is 86.6 Å². The minimum atomic E-state index is -5.29. The van der Waals surface area contributed by atoms with Crippen LogP contribution in [0, 0.1) is 30.1 Å². The highest BCUT2D eigenvalue weighted by atomic mass is 32.3. The molecule has 0 aliphatic carbocycles. The molecule has 45 heteroatoms. The molecule has 6 unspecified atom stereocenters. The molecule has 3 aromatic rings. The van der Waals surface area contributed by atoms with Gasteiger partial charge in [0.05, 0.1) is 121 Å². The maximum atomic E-state index is 12.9. The fraction of sp³-hybridized carbons (Fsp3) is 0.677. The minimum absolute atomic E-state index is 0.0660. The van der Waals surface area contributed by atoms with Gasteiger partial charge in [-0.15, -0.1) is 12.3 Å². The van der Waals surface area contributed by atoms with Gasteiger partial charge in [0.15, 0.2) is 37.7 Å². The van der Waals surface area contributed by atoms with Crippen molar-refractivity contribution in [3.05, 3.63) is 108 Å². The van der Waals surface area contributed by atoms with Crippen LogP contribution in [-0.2, 0) is 166 Å². The second-order valence-electron chi connectivity index (χ2n) is 26.0.